The molecule has 0 saturated carbocycles. The van der Waals surface area contributed by atoms with Crippen LogP contribution in [-0.4, -0.2) is 38.2 Å². The predicted molar refractivity (Wildman–Crippen MR) is 115 cm³/mol. The predicted octanol–water partition coefficient (Wildman–Crippen LogP) is 3.68. The van der Waals surface area contributed by atoms with Crippen molar-refractivity contribution in [1.82, 2.24) is 19.5 Å². The number of methoxy groups -OCH3 is 1. The van der Waals surface area contributed by atoms with Crippen molar-refractivity contribution in [2.75, 3.05) is 13.7 Å². The van der Waals surface area contributed by atoms with E-state index in [1.807, 2.05) is 24.5 Å². The molecule has 0 aliphatic heterocycles. The van der Waals surface area contributed by atoms with Crippen LogP contribution in [-0.2, 0) is 17.7 Å². The van der Waals surface area contributed by atoms with Gasteiger partial charge in [-0.05, 0) is 37.0 Å². The number of furan rings is 1. The lowest BCUT2D eigenvalue weighted by Crippen LogP contribution is -2.17. The molecule has 162 valence electrons. The summed E-state index contributed by atoms with van der Waals surface area (Å²) in [5.74, 6) is 0.723. The number of nitrogens with one attached hydrogen (secondary N) is 1. The number of nitro groups is 1. The average Bonchev–Trinajstić information content (AvgIpc) is 3.32. The molecular weight excluding hydrogens is 402 g/mol. The van der Waals surface area contributed by atoms with Crippen molar-refractivity contribution >= 4 is 28.0 Å². The molecule has 1 N–H and O–H groups in total. The largest absolute Gasteiger partial charge is 0.433 e. The van der Waals surface area contributed by atoms with Crippen LogP contribution in [0.2, 0.25) is 0 Å². The number of aryl methyl sites for hydroxylation is 1. The van der Waals surface area contributed by atoms with Crippen molar-refractivity contribution in [2.24, 2.45) is 5.92 Å². The van der Waals surface area contributed by atoms with Crippen LogP contribution in [0.4, 0.5) is 5.88 Å². The molecule has 0 saturated heterocycles. The van der Waals surface area contributed by atoms with Crippen molar-refractivity contribution in [1.29, 1.82) is 0 Å². The van der Waals surface area contributed by atoms with Crippen LogP contribution < -0.4 is 5.56 Å². The fourth-order valence-corrected chi connectivity index (χ4v) is 3.60. The Hall–Kier alpha value is -3.53. The number of rotatable bonds is 8. The van der Waals surface area contributed by atoms with E-state index in [9.17, 15) is 14.9 Å². The highest BCUT2D eigenvalue weighted by Gasteiger charge is 2.20. The van der Waals surface area contributed by atoms with E-state index >= 15 is 0 Å². The van der Waals surface area contributed by atoms with Gasteiger partial charge in [0.25, 0.3) is 5.56 Å². The van der Waals surface area contributed by atoms with Gasteiger partial charge in [-0.25, -0.2) is 9.97 Å². The normalized spacial score (nSPS) is 11.7. The smallest absolute Gasteiger partial charge is 0.397 e. The van der Waals surface area contributed by atoms with Gasteiger partial charge < -0.3 is 18.7 Å². The Morgan fingerprint density at radius 1 is 1.26 bits per heavy atom. The maximum Gasteiger partial charge on any atom is 0.433 e. The van der Waals surface area contributed by atoms with Crippen LogP contribution in [0.3, 0.4) is 0 Å². The molecular formula is C21H23N5O5. The van der Waals surface area contributed by atoms with Gasteiger partial charge in [0, 0.05) is 20.3 Å². The number of nitrogens with zero attached hydrogens (tertiary/aromatic N) is 4. The highest BCUT2D eigenvalue weighted by atomic mass is 16.6. The lowest BCUT2D eigenvalue weighted by Gasteiger charge is -2.08. The zero-order valence-electron chi connectivity index (χ0n) is 17.5. The summed E-state index contributed by atoms with van der Waals surface area (Å²) < 4.78 is 12.5. The highest BCUT2D eigenvalue weighted by molar-refractivity contribution is 5.92. The summed E-state index contributed by atoms with van der Waals surface area (Å²) in [6, 6.07) is 6.49. The highest BCUT2D eigenvalue weighted by Crippen LogP contribution is 2.30. The molecule has 31 heavy (non-hydrogen) atoms. The van der Waals surface area contributed by atoms with Gasteiger partial charge in [0.1, 0.15) is 10.6 Å². The van der Waals surface area contributed by atoms with Crippen LogP contribution >= 0.6 is 0 Å². The SMILES string of the molecule is COCCCn1c(-c2ccc([N+](=O)[O-])o2)nc2cc3[nH]c(=O)c(CC(C)C)nc3cc21. The van der Waals surface area contributed by atoms with Gasteiger partial charge in [-0.2, -0.15) is 0 Å². The van der Waals surface area contributed by atoms with E-state index in [0.717, 1.165) is 5.52 Å². The number of hydrogen-bond donors (Lipinski definition) is 1. The number of benzene rings is 1. The topological polar surface area (TPSA) is 129 Å². The van der Waals surface area contributed by atoms with Crippen molar-refractivity contribution < 1.29 is 14.1 Å². The maximum atomic E-state index is 12.4. The van der Waals surface area contributed by atoms with E-state index in [-0.39, 0.29) is 11.4 Å². The molecule has 3 heterocycles. The molecule has 0 spiro atoms. The monoisotopic (exact) mass is 425 g/mol. The van der Waals surface area contributed by atoms with Gasteiger partial charge in [0.15, 0.2) is 11.6 Å². The number of aromatic nitrogens is 4. The first-order valence-electron chi connectivity index (χ1n) is 10.0. The Bertz CT molecular complexity index is 1320. The maximum absolute atomic E-state index is 12.4. The average molecular weight is 425 g/mol. The Morgan fingerprint density at radius 3 is 2.74 bits per heavy atom. The van der Waals surface area contributed by atoms with Crippen LogP contribution in [0.25, 0.3) is 33.7 Å². The van der Waals surface area contributed by atoms with Crippen molar-refractivity contribution in [3.8, 4) is 11.6 Å². The number of aromatic amines is 1. The second kappa shape index (κ2) is 8.31. The second-order valence-electron chi connectivity index (χ2n) is 7.80. The molecule has 0 aliphatic carbocycles. The first kappa shape index (κ1) is 20.7. The lowest BCUT2D eigenvalue weighted by atomic mass is 10.1. The zero-order chi connectivity index (χ0) is 22.1. The molecule has 10 heteroatoms. The molecule has 4 rings (SSSR count). The fourth-order valence-electron chi connectivity index (χ4n) is 3.60. The summed E-state index contributed by atoms with van der Waals surface area (Å²) in [5, 5.41) is 11.0. The molecule has 0 radical (unpaired) electrons. The van der Waals surface area contributed by atoms with E-state index < -0.39 is 4.92 Å². The van der Waals surface area contributed by atoms with Gasteiger partial charge in [-0.15, -0.1) is 0 Å². The summed E-state index contributed by atoms with van der Waals surface area (Å²) in [6.45, 7) is 5.19. The van der Waals surface area contributed by atoms with Gasteiger partial charge in [-0.3, -0.25) is 14.9 Å². The fraction of sp³-hybridized carbons (Fsp3) is 0.381. The quantitative estimate of drug-likeness (QED) is 0.259. The Morgan fingerprint density at radius 2 is 2.06 bits per heavy atom. The summed E-state index contributed by atoms with van der Waals surface area (Å²) >= 11 is 0. The van der Waals surface area contributed by atoms with Gasteiger partial charge in [-0.1, -0.05) is 13.8 Å². The van der Waals surface area contributed by atoms with E-state index in [2.05, 4.69) is 15.0 Å². The Labute approximate surface area is 177 Å². The van der Waals surface area contributed by atoms with Crippen molar-refractivity contribution in [2.45, 2.75) is 33.2 Å². The molecule has 10 nitrogen and oxygen atoms in total. The standard InChI is InChI=1S/C21H23N5O5/c1-12(2)9-16-21(27)24-13-10-15-17(11-14(13)22-16)25(7-4-8-30-3)20(23-15)18-5-6-19(31-18)26(28)29/h5-6,10-12H,4,7-9H2,1-3H3,(H,24,27). The molecule has 3 aromatic heterocycles. The van der Waals surface area contributed by atoms with Gasteiger partial charge in [0.05, 0.1) is 28.1 Å². The molecule has 1 aromatic carbocycles. The molecule has 0 aliphatic rings. The third-order valence-corrected chi connectivity index (χ3v) is 4.96. The third kappa shape index (κ3) is 4.06. The van der Waals surface area contributed by atoms with E-state index in [4.69, 9.17) is 9.15 Å². The first-order valence-corrected chi connectivity index (χ1v) is 10.0. The van der Waals surface area contributed by atoms with Crippen LogP contribution in [0.5, 0.6) is 0 Å². The minimum Gasteiger partial charge on any atom is -0.397 e. The first-order chi connectivity index (χ1) is 14.9. The number of hydrogen-bond acceptors (Lipinski definition) is 7. The summed E-state index contributed by atoms with van der Waals surface area (Å²) in [7, 11) is 1.63. The molecule has 0 bridgehead atoms. The molecule has 0 amide bonds. The molecule has 0 fully saturated rings. The minimum absolute atomic E-state index is 0.207. The second-order valence-corrected chi connectivity index (χ2v) is 7.80. The van der Waals surface area contributed by atoms with Crippen LogP contribution in [0.1, 0.15) is 26.0 Å². The Kier molecular flexibility index (Phi) is 5.55. The lowest BCUT2D eigenvalue weighted by molar-refractivity contribution is -0.401. The van der Waals surface area contributed by atoms with Crippen LogP contribution in [0, 0.1) is 16.0 Å². The summed E-state index contributed by atoms with van der Waals surface area (Å²) in [4.78, 5) is 35.0. The minimum atomic E-state index is -0.583. The Balaban J connectivity index is 1.89. The van der Waals surface area contributed by atoms with Crippen molar-refractivity contribution in [3.05, 3.63) is 50.4 Å². The molecule has 4 aromatic rings. The molecule has 0 atom stereocenters. The number of imidazole rings is 1. The number of ether oxygens (including phenoxy) is 1. The van der Waals surface area contributed by atoms with Gasteiger partial charge in [0.2, 0.25) is 0 Å². The van der Waals surface area contributed by atoms with Crippen LogP contribution in [0.15, 0.2) is 33.5 Å². The summed E-state index contributed by atoms with van der Waals surface area (Å²) in [5.41, 5.74) is 2.97. The van der Waals surface area contributed by atoms with E-state index in [0.29, 0.717) is 65.7 Å². The summed E-state index contributed by atoms with van der Waals surface area (Å²) in [6.07, 6.45) is 1.30. The number of H-pyrrole nitrogens is 1. The zero-order valence-corrected chi connectivity index (χ0v) is 17.5. The third-order valence-electron chi connectivity index (χ3n) is 4.96. The van der Waals surface area contributed by atoms with Gasteiger partial charge >= 0.3 is 5.88 Å². The molecule has 0 unspecified atom stereocenters. The van der Waals surface area contributed by atoms with E-state index in [1.54, 1.807) is 13.2 Å². The van der Waals surface area contributed by atoms with Crippen molar-refractivity contribution in [3.63, 3.8) is 0 Å². The number of fused-ring (bicyclic) bond motifs is 2. The van der Waals surface area contributed by atoms with E-state index in [1.165, 1.54) is 12.1 Å².